The number of carbonyl (C=O) groups is 1. The average Bonchev–Trinajstić information content (AvgIpc) is 3.14. The largest absolute Gasteiger partial charge is 0.356 e. The number of nitrogens with one attached hydrogen (secondary N) is 1. The highest BCUT2D eigenvalue weighted by molar-refractivity contribution is 7.72. The van der Waals surface area contributed by atoms with Crippen molar-refractivity contribution >= 4 is 18.4 Å². The number of amides is 1. The van der Waals surface area contributed by atoms with Crippen LogP contribution in [0.2, 0.25) is 0 Å². The van der Waals surface area contributed by atoms with Crippen molar-refractivity contribution in [2.24, 2.45) is 7.05 Å². The highest BCUT2D eigenvalue weighted by atomic mass is 31.2. The Balaban J connectivity index is 1.82. The normalized spacial score (nSPS) is 13.2. The van der Waals surface area contributed by atoms with E-state index >= 15 is 0 Å². The van der Waals surface area contributed by atoms with E-state index in [-0.39, 0.29) is 12.1 Å². The lowest BCUT2D eigenvalue weighted by Gasteiger charge is -2.18. The van der Waals surface area contributed by atoms with Crippen molar-refractivity contribution in [3.63, 3.8) is 0 Å². The van der Waals surface area contributed by atoms with E-state index in [1.807, 2.05) is 60.7 Å². The topological polar surface area (TPSA) is 55.0 Å². The number of rotatable bonds is 14. The second-order valence-corrected chi connectivity index (χ2v) is 11.0. The van der Waals surface area contributed by atoms with Gasteiger partial charge in [-0.25, -0.2) is 9.13 Å². The molecule has 5 nitrogen and oxygen atoms in total. The van der Waals surface area contributed by atoms with Crippen LogP contribution < -0.4 is 15.2 Å². The molecule has 1 heterocycles. The maximum Gasteiger partial charge on any atom is 0.243 e. The molecule has 2 aromatic rings. The van der Waals surface area contributed by atoms with E-state index in [1.54, 1.807) is 0 Å². The van der Waals surface area contributed by atoms with Crippen LogP contribution in [0.25, 0.3) is 0 Å². The molecule has 1 atom stereocenters. The molecule has 1 aromatic carbocycles. The summed E-state index contributed by atoms with van der Waals surface area (Å²) in [6.45, 7) is 3.67. The monoisotopic (exact) mass is 418 g/mol. The molecule has 1 unspecified atom stereocenters. The molecule has 2 rings (SSSR count). The summed E-state index contributed by atoms with van der Waals surface area (Å²) in [4.78, 5) is 12.5. The first-order chi connectivity index (χ1) is 14.0. The molecular formula is C23H37N3O2P+. The molecule has 0 saturated carbocycles. The summed E-state index contributed by atoms with van der Waals surface area (Å²) in [5.41, 5.74) is 0. The smallest absolute Gasteiger partial charge is 0.243 e. The zero-order chi connectivity index (χ0) is 21.0. The van der Waals surface area contributed by atoms with E-state index in [0.717, 1.165) is 31.1 Å². The Morgan fingerprint density at radius 3 is 2.48 bits per heavy atom. The summed E-state index contributed by atoms with van der Waals surface area (Å²) in [6.07, 6.45) is 14.6. The molecule has 29 heavy (non-hydrogen) atoms. The van der Waals surface area contributed by atoms with Gasteiger partial charge in [0.05, 0.1) is 19.8 Å². The van der Waals surface area contributed by atoms with Gasteiger partial charge in [-0.1, -0.05) is 69.4 Å². The van der Waals surface area contributed by atoms with Gasteiger partial charge in [0.1, 0.15) is 19.5 Å². The SMILES string of the molecule is CCCCCCCCP(=O)(CC(=O)NCCCn1cc[n+](C)c1)c1ccccc1. The lowest BCUT2D eigenvalue weighted by Crippen LogP contribution is -2.30. The fourth-order valence-corrected chi connectivity index (χ4v) is 6.18. The third-order valence-electron chi connectivity index (χ3n) is 5.24. The summed E-state index contributed by atoms with van der Waals surface area (Å²) < 4.78 is 17.8. The predicted molar refractivity (Wildman–Crippen MR) is 120 cm³/mol. The molecule has 1 aromatic heterocycles. The van der Waals surface area contributed by atoms with Crippen LogP contribution in [0.3, 0.4) is 0 Å². The van der Waals surface area contributed by atoms with Gasteiger partial charge in [-0.3, -0.25) is 4.79 Å². The number of aryl methyl sites for hydroxylation is 2. The molecule has 0 bridgehead atoms. The number of hydrogen-bond donors (Lipinski definition) is 1. The molecule has 0 spiro atoms. The van der Waals surface area contributed by atoms with Crippen molar-refractivity contribution in [3.05, 3.63) is 49.1 Å². The summed E-state index contributed by atoms with van der Waals surface area (Å²) >= 11 is 0. The quantitative estimate of drug-likeness (QED) is 0.288. The van der Waals surface area contributed by atoms with Gasteiger partial charge in [-0.2, -0.15) is 0 Å². The Morgan fingerprint density at radius 2 is 1.79 bits per heavy atom. The second-order valence-electron chi connectivity index (χ2n) is 7.89. The molecule has 0 aliphatic carbocycles. The fourth-order valence-electron chi connectivity index (χ4n) is 3.56. The maximum absolute atomic E-state index is 13.7. The minimum atomic E-state index is -2.71. The zero-order valence-corrected chi connectivity index (χ0v) is 18.9. The van der Waals surface area contributed by atoms with Crippen LogP contribution in [-0.4, -0.2) is 29.3 Å². The molecule has 1 amide bonds. The van der Waals surface area contributed by atoms with Crippen molar-refractivity contribution in [2.45, 2.75) is 58.4 Å². The summed E-state index contributed by atoms with van der Waals surface area (Å²) in [5.74, 6) is -0.0961. The van der Waals surface area contributed by atoms with Gasteiger partial charge in [0, 0.05) is 24.4 Å². The molecule has 0 saturated heterocycles. The second kappa shape index (κ2) is 12.6. The van der Waals surface area contributed by atoms with Crippen LogP contribution >= 0.6 is 7.14 Å². The Labute approximate surface area is 175 Å². The van der Waals surface area contributed by atoms with Crippen molar-refractivity contribution in [1.82, 2.24) is 9.88 Å². The van der Waals surface area contributed by atoms with Crippen molar-refractivity contribution in [3.8, 4) is 0 Å². The first-order valence-corrected chi connectivity index (χ1v) is 13.0. The number of hydrogen-bond acceptors (Lipinski definition) is 2. The number of nitrogens with zero attached hydrogens (tertiary/aromatic N) is 2. The summed E-state index contributed by atoms with van der Waals surface area (Å²) in [7, 11) is -0.718. The standard InChI is InChI=1S/C23H36N3O2P/c1-3-4-5-6-7-11-19-29(28,22-13-9-8-10-14-22)20-23(27)24-15-12-16-26-18-17-25(2)21-26/h8-10,13-14,17-18,21H,3-7,11-12,15-16,19-20H2,1-2H3/p+1. The molecule has 0 radical (unpaired) electrons. The van der Waals surface area contributed by atoms with Gasteiger partial charge >= 0.3 is 0 Å². The third-order valence-corrected chi connectivity index (χ3v) is 8.31. The minimum Gasteiger partial charge on any atom is -0.356 e. The highest BCUT2D eigenvalue weighted by Gasteiger charge is 2.27. The van der Waals surface area contributed by atoms with E-state index in [4.69, 9.17) is 0 Å². The molecule has 0 aliphatic heterocycles. The molecular weight excluding hydrogens is 381 g/mol. The fraction of sp³-hybridized carbons (Fsp3) is 0.565. The highest BCUT2D eigenvalue weighted by Crippen LogP contribution is 2.45. The first kappa shape index (κ1) is 23.4. The Hall–Kier alpha value is -1.87. The Bertz CT molecular complexity index is 773. The third kappa shape index (κ3) is 8.57. The number of carbonyl (C=O) groups excluding carboxylic acids is 1. The maximum atomic E-state index is 13.7. The number of aromatic nitrogens is 2. The van der Waals surface area contributed by atoms with Gasteiger partial charge in [0.2, 0.25) is 12.2 Å². The van der Waals surface area contributed by atoms with Gasteiger partial charge in [0.25, 0.3) is 0 Å². The predicted octanol–water partition coefficient (Wildman–Crippen LogP) is 3.87. The van der Waals surface area contributed by atoms with Crippen LogP contribution in [0.15, 0.2) is 49.1 Å². The van der Waals surface area contributed by atoms with E-state index in [1.165, 1.54) is 25.7 Å². The zero-order valence-electron chi connectivity index (χ0n) is 18.1. The molecule has 160 valence electrons. The Kier molecular flexibility index (Phi) is 10.2. The van der Waals surface area contributed by atoms with E-state index in [2.05, 4.69) is 16.8 Å². The van der Waals surface area contributed by atoms with Crippen LogP contribution in [-0.2, 0) is 23.0 Å². The van der Waals surface area contributed by atoms with Crippen LogP contribution in [0.4, 0.5) is 0 Å². The first-order valence-electron chi connectivity index (χ1n) is 10.9. The summed E-state index contributed by atoms with van der Waals surface area (Å²) in [6, 6.07) is 9.59. The molecule has 0 aliphatic rings. The molecule has 6 heteroatoms. The minimum absolute atomic E-state index is 0.0961. The van der Waals surface area contributed by atoms with Crippen molar-refractivity contribution < 1.29 is 13.9 Å². The lowest BCUT2D eigenvalue weighted by atomic mass is 10.1. The van der Waals surface area contributed by atoms with Crippen molar-refractivity contribution in [1.29, 1.82) is 0 Å². The number of benzene rings is 1. The van der Waals surface area contributed by atoms with E-state index in [9.17, 15) is 9.36 Å². The molecule has 0 fully saturated rings. The van der Waals surface area contributed by atoms with Crippen LogP contribution in [0.1, 0.15) is 51.9 Å². The molecule has 1 N–H and O–H groups in total. The van der Waals surface area contributed by atoms with Crippen molar-refractivity contribution in [2.75, 3.05) is 18.9 Å². The lowest BCUT2D eigenvalue weighted by molar-refractivity contribution is -0.671. The Morgan fingerprint density at radius 1 is 1.07 bits per heavy atom. The van der Waals surface area contributed by atoms with E-state index < -0.39 is 7.14 Å². The van der Waals surface area contributed by atoms with Crippen LogP contribution in [0.5, 0.6) is 0 Å². The van der Waals surface area contributed by atoms with E-state index in [0.29, 0.717) is 12.7 Å². The number of imidazole rings is 1. The number of unbranched alkanes of at least 4 members (excludes halogenated alkanes) is 5. The van der Waals surface area contributed by atoms with Gasteiger partial charge < -0.3 is 9.88 Å². The van der Waals surface area contributed by atoms with Gasteiger partial charge in [-0.05, 0) is 6.42 Å². The van der Waals surface area contributed by atoms with Crippen LogP contribution in [0, 0.1) is 0 Å². The van der Waals surface area contributed by atoms with Gasteiger partial charge in [0.15, 0.2) is 0 Å². The average molecular weight is 419 g/mol. The summed E-state index contributed by atoms with van der Waals surface area (Å²) in [5, 5.41) is 3.81. The van der Waals surface area contributed by atoms with Gasteiger partial charge in [-0.15, -0.1) is 0 Å².